The number of ether oxygens (including phenoxy) is 1. The second-order valence-corrected chi connectivity index (χ2v) is 6.49. The van der Waals surface area contributed by atoms with Crippen LogP contribution in [0.1, 0.15) is 32.4 Å². The quantitative estimate of drug-likeness (QED) is 0.778. The molecule has 0 aliphatic carbocycles. The molecule has 0 N–H and O–H groups in total. The average molecular weight is 368 g/mol. The summed E-state index contributed by atoms with van der Waals surface area (Å²) in [5, 5.41) is 0. The van der Waals surface area contributed by atoms with Gasteiger partial charge in [-0.1, -0.05) is 24.3 Å². The van der Waals surface area contributed by atoms with Gasteiger partial charge in [-0.3, -0.25) is 19.3 Å². The molecule has 2 aromatic carbocycles. The van der Waals surface area contributed by atoms with Crippen LogP contribution in [0.25, 0.3) is 0 Å². The average Bonchev–Trinajstić information content (AvgIpc) is 2.94. The van der Waals surface area contributed by atoms with Crippen LogP contribution < -0.4 is 0 Å². The van der Waals surface area contributed by atoms with E-state index in [0.717, 1.165) is 10.5 Å². The Balaban J connectivity index is 1.45. The molecule has 0 saturated carbocycles. The number of benzene rings is 2. The third-order valence-electron chi connectivity index (χ3n) is 4.83. The third kappa shape index (κ3) is 3.21. The van der Waals surface area contributed by atoms with Gasteiger partial charge in [-0.25, -0.2) is 4.39 Å². The van der Waals surface area contributed by atoms with Crippen molar-refractivity contribution < 1.29 is 23.5 Å². The molecule has 0 aromatic heterocycles. The number of imide groups is 1. The van der Waals surface area contributed by atoms with Gasteiger partial charge < -0.3 is 9.64 Å². The molecule has 2 heterocycles. The highest BCUT2D eigenvalue weighted by atomic mass is 19.1. The van der Waals surface area contributed by atoms with Gasteiger partial charge in [-0.05, 0) is 29.8 Å². The number of fused-ring (bicyclic) bond motifs is 1. The first kappa shape index (κ1) is 17.4. The van der Waals surface area contributed by atoms with Crippen LogP contribution in [0.2, 0.25) is 0 Å². The smallest absolute Gasteiger partial charge is 0.262 e. The van der Waals surface area contributed by atoms with Gasteiger partial charge in [0.15, 0.2) is 0 Å². The van der Waals surface area contributed by atoms with Crippen LogP contribution in [0.15, 0.2) is 48.5 Å². The second kappa shape index (κ2) is 6.92. The number of hydrogen-bond donors (Lipinski definition) is 0. The van der Waals surface area contributed by atoms with Crippen molar-refractivity contribution in [2.24, 2.45) is 0 Å². The van der Waals surface area contributed by atoms with Crippen molar-refractivity contribution in [1.82, 2.24) is 9.80 Å². The Hall–Kier alpha value is -3.06. The van der Waals surface area contributed by atoms with Gasteiger partial charge in [0.05, 0.1) is 24.3 Å². The summed E-state index contributed by atoms with van der Waals surface area (Å²) in [6.45, 7) is 0.686. The summed E-state index contributed by atoms with van der Waals surface area (Å²) in [5.74, 6) is -1.56. The summed E-state index contributed by atoms with van der Waals surface area (Å²) < 4.78 is 18.8. The lowest BCUT2D eigenvalue weighted by Crippen LogP contribution is -2.47. The summed E-state index contributed by atoms with van der Waals surface area (Å²) in [6, 6.07) is 12.5. The molecule has 0 spiro atoms. The maximum Gasteiger partial charge on any atom is 0.262 e. The van der Waals surface area contributed by atoms with E-state index >= 15 is 0 Å². The van der Waals surface area contributed by atoms with Crippen molar-refractivity contribution in [3.63, 3.8) is 0 Å². The van der Waals surface area contributed by atoms with E-state index in [1.807, 2.05) is 0 Å². The molecule has 0 radical (unpaired) electrons. The van der Waals surface area contributed by atoms with E-state index in [1.54, 1.807) is 41.3 Å². The van der Waals surface area contributed by atoms with Gasteiger partial charge >= 0.3 is 0 Å². The van der Waals surface area contributed by atoms with Gasteiger partial charge in [0, 0.05) is 6.54 Å². The van der Waals surface area contributed by atoms with E-state index in [9.17, 15) is 18.8 Å². The van der Waals surface area contributed by atoms with Crippen LogP contribution in [0.5, 0.6) is 0 Å². The maximum absolute atomic E-state index is 13.1. The number of nitrogens with zero attached hydrogens (tertiary/aromatic N) is 2. The molecule has 2 aliphatic heterocycles. The zero-order chi connectivity index (χ0) is 19.0. The molecule has 1 atom stereocenters. The Labute approximate surface area is 155 Å². The molecule has 138 valence electrons. The molecule has 2 aliphatic rings. The summed E-state index contributed by atoms with van der Waals surface area (Å²) in [5.41, 5.74) is 1.41. The first-order chi connectivity index (χ1) is 13.0. The number of rotatable bonds is 3. The molecule has 7 heteroatoms. The molecule has 27 heavy (non-hydrogen) atoms. The minimum Gasteiger partial charge on any atom is -0.370 e. The van der Waals surface area contributed by atoms with Crippen molar-refractivity contribution in [2.75, 3.05) is 26.2 Å². The van der Waals surface area contributed by atoms with Gasteiger partial charge in [-0.15, -0.1) is 0 Å². The van der Waals surface area contributed by atoms with E-state index in [2.05, 4.69) is 0 Å². The molecule has 4 rings (SSSR count). The molecular formula is C20H17FN2O4. The third-order valence-corrected chi connectivity index (χ3v) is 4.83. The van der Waals surface area contributed by atoms with Gasteiger partial charge in [-0.2, -0.15) is 0 Å². The lowest BCUT2D eigenvalue weighted by atomic mass is 10.1. The SMILES string of the molecule is O=C(CN1C(=O)c2ccccc2C1=O)N1CCOC(c2ccc(F)cc2)C1. The van der Waals surface area contributed by atoms with Crippen LogP contribution in [0.4, 0.5) is 4.39 Å². The fourth-order valence-corrected chi connectivity index (χ4v) is 3.37. The number of amides is 3. The molecule has 1 saturated heterocycles. The van der Waals surface area contributed by atoms with Crippen molar-refractivity contribution in [2.45, 2.75) is 6.10 Å². The molecule has 3 amide bonds. The Kier molecular flexibility index (Phi) is 4.45. The standard InChI is InChI=1S/C20H17FN2O4/c21-14-7-5-13(6-8-14)17-11-22(9-10-27-17)18(24)12-23-19(25)15-3-1-2-4-16(15)20(23)26/h1-8,17H,9-12H2. The van der Waals surface area contributed by atoms with E-state index in [4.69, 9.17) is 4.74 Å². The van der Waals surface area contributed by atoms with Crippen molar-refractivity contribution in [3.05, 3.63) is 71.0 Å². The molecule has 2 aromatic rings. The first-order valence-electron chi connectivity index (χ1n) is 8.64. The van der Waals surface area contributed by atoms with Crippen LogP contribution in [0, 0.1) is 5.82 Å². The predicted molar refractivity (Wildman–Crippen MR) is 93.5 cm³/mol. The summed E-state index contributed by atoms with van der Waals surface area (Å²) in [7, 11) is 0. The Bertz CT molecular complexity index is 877. The highest BCUT2D eigenvalue weighted by molar-refractivity contribution is 6.22. The van der Waals surface area contributed by atoms with E-state index in [1.165, 1.54) is 12.1 Å². The molecule has 1 unspecified atom stereocenters. The van der Waals surface area contributed by atoms with Crippen LogP contribution >= 0.6 is 0 Å². The molecular weight excluding hydrogens is 351 g/mol. The van der Waals surface area contributed by atoms with Crippen molar-refractivity contribution >= 4 is 17.7 Å². The van der Waals surface area contributed by atoms with Crippen LogP contribution in [0.3, 0.4) is 0 Å². The zero-order valence-electron chi connectivity index (χ0n) is 14.4. The second-order valence-electron chi connectivity index (χ2n) is 6.49. The normalized spacial score (nSPS) is 19.4. The number of carbonyl (C=O) groups excluding carboxylic acids is 3. The zero-order valence-corrected chi connectivity index (χ0v) is 14.4. The minimum absolute atomic E-state index is 0.285. The highest BCUT2D eigenvalue weighted by Gasteiger charge is 2.37. The topological polar surface area (TPSA) is 66.9 Å². The number of halogens is 1. The van der Waals surface area contributed by atoms with Crippen molar-refractivity contribution in [3.8, 4) is 0 Å². The number of hydrogen-bond acceptors (Lipinski definition) is 4. The van der Waals surface area contributed by atoms with Crippen LogP contribution in [-0.2, 0) is 9.53 Å². The summed E-state index contributed by atoms with van der Waals surface area (Å²) >= 11 is 0. The molecule has 0 bridgehead atoms. The number of carbonyl (C=O) groups is 3. The van der Waals surface area contributed by atoms with Gasteiger partial charge in [0.25, 0.3) is 11.8 Å². The summed E-state index contributed by atoms with van der Waals surface area (Å²) in [6.07, 6.45) is -0.370. The number of morpholine rings is 1. The fraction of sp³-hybridized carbons (Fsp3) is 0.250. The molecule has 6 nitrogen and oxygen atoms in total. The van der Waals surface area contributed by atoms with Gasteiger partial charge in [0.2, 0.25) is 5.91 Å². The Morgan fingerprint density at radius 1 is 1.04 bits per heavy atom. The van der Waals surface area contributed by atoms with E-state index < -0.39 is 11.8 Å². The Morgan fingerprint density at radius 2 is 1.67 bits per heavy atom. The first-order valence-corrected chi connectivity index (χ1v) is 8.64. The minimum atomic E-state index is -0.452. The van der Waals surface area contributed by atoms with E-state index in [0.29, 0.717) is 24.3 Å². The van der Waals surface area contributed by atoms with Gasteiger partial charge in [0.1, 0.15) is 18.5 Å². The summed E-state index contributed by atoms with van der Waals surface area (Å²) in [4.78, 5) is 40.1. The van der Waals surface area contributed by atoms with Crippen LogP contribution in [-0.4, -0.2) is 53.8 Å². The lowest BCUT2D eigenvalue weighted by molar-refractivity contribution is -0.139. The van der Waals surface area contributed by atoms with Crippen molar-refractivity contribution in [1.29, 1.82) is 0 Å². The van der Waals surface area contributed by atoms with E-state index in [-0.39, 0.29) is 30.9 Å². The Morgan fingerprint density at radius 3 is 2.30 bits per heavy atom. The largest absolute Gasteiger partial charge is 0.370 e. The predicted octanol–water partition coefficient (Wildman–Crippen LogP) is 2.02. The monoisotopic (exact) mass is 368 g/mol. The highest BCUT2D eigenvalue weighted by Crippen LogP contribution is 2.25. The lowest BCUT2D eigenvalue weighted by Gasteiger charge is -2.34. The maximum atomic E-state index is 13.1. The fourth-order valence-electron chi connectivity index (χ4n) is 3.37. The molecule has 1 fully saturated rings.